The maximum atomic E-state index is 13.1. The molecule has 5 rings (SSSR count). The lowest BCUT2D eigenvalue weighted by Gasteiger charge is -2.37. The van der Waals surface area contributed by atoms with E-state index in [4.69, 9.17) is 10.5 Å². The van der Waals surface area contributed by atoms with Gasteiger partial charge in [0.05, 0.1) is 6.61 Å². The minimum absolute atomic E-state index is 0.141. The van der Waals surface area contributed by atoms with Crippen molar-refractivity contribution < 1.29 is 9.53 Å². The van der Waals surface area contributed by atoms with Gasteiger partial charge >= 0.3 is 0 Å². The Labute approximate surface area is 189 Å². The topological polar surface area (TPSA) is 64.4 Å². The van der Waals surface area contributed by atoms with Crippen LogP contribution in [0.5, 0.6) is 5.75 Å². The molecule has 0 spiro atoms. The lowest BCUT2D eigenvalue weighted by atomic mass is 9.64. The molecule has 2 aliphatic rings. The second-order valence-corrected chi connectivity index (χ2v) is 8.97. The number of hydrogen-bond donors (Lipinski definition) is 2. The fourth-order valence-corrected chi connectivity index (χ4v) is 5.47. The first-order valence-corrected chi connectivity index (χ1v) is 11.6. The van der Waals surface area contributed by atoms with E-state index < -0.39 is 5.41 Å². The highest BCUT2D eigenvalue weighted by molar-refractivity contribution is 5.91. The van der Waals surface area contributed by atoms with Gasteiger partial charge in [0.15, 0.2) is 0 Å². The van der Waals surface area contributed by atoms with Gasteiger partial charge in [0.1, 0.15) is 11.2 Å². The quantitative estimate of drug-likeness (QED) is 0.604. The number of ether oxygens (including phenoxy) is 1. The predicted octanol–water partition coefficient (Wildman–Crippen LogP) is 3.79. The average molecular weight is 427 g/mol. The Morgan fingerprint density at radius 3 is 2.41 bits per heavy atom. The third kappa shape index (κ3) is 3.69. The monoisotopic (exact) mass is 426 g/mol. The third-order valence-corrected chi connectivity index (χ3v) is 7.16. The number of benzene rings is 3. The summed E-state index contributed by atoms with van der Waals surface area (Å²) >= 11 is 0. The summed E-state index contributed by atoms with van der Waals surface area (Å²) in [4.78, 5) is 13.1. The SMILES string of the molecule is NC(=O)[C@@](c1ccccc1)(c1ccc(CCc2ccc3c(c2)CCO3)cc1)[C@@H]1CCNC1. The highest BCUT2D eigenvalue weighted by Crippen LogP contribution is 2.42. The number of nitrogens with one attached hydrogen (secondary N) is 1. The van der Waals surface area contributed by atoms with E-state index in [9.17, 15) is 4.79 Å². The largest absolute Gasteiger partial charge is 0.493 e. The maximum absolute atomic E-state index is 13.1. The first kappa shape index (κ1) is 20.8. The second-order valence-electron chi connectivity index (χ2n) is 8.97. The molecule has 1 fully saturated rings. The first-order chi connectivity index (χ1) is 15.7. The van der Waals surface area contributed by atoms with Crippen molar-refractivity contribution >= 4 is 5.91 Å². The van der Waals surface area contributed by atoms with Crippen molar-refractivity contribution in [2.24, 2.45) is 11.7 Å². The number of nitrogens with two attached hydrogens (primary N) is 1. The van der Waals surface area contributed by atoms with Crippen LogP contribution in [0.1, 0.15) is 34.2 Å². The van der Waals surface area contributed by atoms with Crippen LogP contribution >= 0.6 is 0 Å². The number of fused-ring (bicyclic) bond motifs is 1. The van der Waals surface area contributed by atoms with Crippen molar-refractivity contribution in [1.82, 2.24) is 5.32 Å². The van der Waals surface area contributed by atoms with Crippen molar-refractivity contribution in [1.29, 1.82) is 0 Å². The molecule has 0 radical (unpaired) electrons. The summed E-state index contributed by atoms with van der Waals surface area (Å²) in [6.45, 7) is 2.50. The molecule has 3 aromatic carbocycles. The van der Waals surface area contributed by atoms with Gasteiger partial charge in [-0.3, -0.25) is 4.79 Å². The Morgan fingerprint density at radius 1 is 0.969 bits per heavy atom. The van der Waals surface area contributed by atoms with E-state index in [0.717, 1.165) is 62.3 Å². The summed E-state index contributed by atoms with van der Waals surface area (Å²) in [5.41, 5.74) is 11.2. The normalized spacial score (nSPS) is 19.2. The maximum Gasteiger partial charge on any atom is 0.232 e. The van der Waals surface area contributed by atoms with Crippen LogP contribution < -0.4 is 15.8 Å². The molecule has 2 heterocycles. The van der Waals surface area contributed by atoms with Crippen LogP contribution in [0.15, 0.2) is 72.8 Å². The summed E-state index contributed by atoms with van der Waals surface area (Å²) in [7, 11) is 0. The molecule has 4 heteroatoms. The van der Waals surface area contributed by atoms with Crippen molar-refractivity contribution in [2.45, 2.75) is 31.1 Å². The zero-order valence-electron chi connectivity index (χ0n) is 18.3. The Morgan fingerprint density at radius 2 is 1.69 bits per heavy atom. The van der Waals surface area contributed by atoms with E-state index in [2.05, 4.69) is 47.8 Å². The minimum atomic E-state index is -0.816. The molecule has 2 aliphatic heterocycles. The van der Waals surface area contributed by atoms with Gasteiger partial charge < -0.3 is 15.8 Å². The minimum Gasteiger partial charge on any atom is -0.493 e. The number of carbonyl (C=O) groups excluding carboxylic acids is 1. The molecule has 1 amide bonds. The van der Waals surface area contributed by atoms with Crippen LogP contribution in [-0.4, -0.2) is 25.6 Å². The number of rotatable bonds is 7. The predicted molar refractivity (Wildman–Crippen MR) is 127 cm³/mol. The molecule has 2 atom stereocenters. The fourth-order valence-electron chi connectivity index (χ4n) is 5.47. The van der Waals surface area contributed by atoms with Gasteiger partial charge in [-0.05, 0) is 72.2 Å². The Bertz CT molecular complexity index is 1090. The van der Waals surface area contributed by atoms with Gasteiger partial charge in [0.2, 0.25) is 5.91 Å². The van der Waals surface area contributed by atoms with Crippen LogP contribution in [-0.2, 0) is 29.5 Å². The second kappa shape index (κ2) is 8.79. The van der Waals surface area contributed by atoms with E-state index in [0.29, 0.717) is 0 Å². The van der Waals surface area contributed by atoms with Crippen molar-refractivity contribution in [3.8, 4) is 5.75 Å². The molecule has 0 aromatic heterocycles. The molecule has 32 heavy (non-hydrogen) atoms. The van der Waals surface area contributed by atoms with E-state index in [1.165, 1.54) is 16.7 Å². The standard InChI is InChI=1S/C28H30N2O2/c29-27(31)28(25-14-16-30-19-25,23-4-2-1-3-5-23)24-11-8-20(9-12-24)6-7-21-10-13-26-22(18-21)15-17-32-26/h1-5,8-13,18,25,30H,6-7,14-17,19H2,(H2,29,31)/t25-,28+/m1/s1. The zero-order chi connectivity index (χ0) is 22.0. The molecule has 3 N–H and O–H groups in total. The fraction of sp³-hybridized carbons (Fsp3) is 0.321. The van der Waals surface area contributed by atoms with Crippen LogP contribution in [0.4, 0.5) is 0 Å². The van der Waals surface area contributed by atoms with Crippen LogP contribution in [0.2, 0.25) is 0 Å². The first-order valence-electron chi connectivity index (χ1n) is 11.6. The van der Waals surface area contributed by atoms with Crippen LogP contribution in [0.3, 0.4) is 0 Å². The molecule has 1 saturated heterocycles. The zero-order valence-corrected chi connectivity index (χ0v) is 18.3. The van der Waals surface area contributed by atoms with Crippen molar-refractivity contribution in [2.75, 3.05) is 19.7 Å². The number of amides is 1. The molecular formula is C28H30N2O2. The summed E-state index contributed by atoms with van der Waals surface area (Å²) in [6.07, 6.45) is 3.88. The summed E-state index contributed by atoms with van der Waals surface area (Å²) in [5, 5.41) is 3.42. The number of primary amides is 1. The van der Waals surface area contributed by atoms with Crippen molar-refractivity contribution in [3.63, 3.8) is 0 Å². The van der Waals surface area contributed by atoms with Crippen LogP contribution in [0, 0.1) is 5.92 Å². The van der Waals surface area contributed by atoms with Crippen molar-refractivity contribution in [3.05, 3.63) is 101 Å². The average Bonchev–Trinajstić information content (AvgIpc) is 3.52. The molecule has 164 valence electrons. The molecule has 0 bridgehead atoms. The smallest absolute Gasteiger partial charge is 0.232 e. The molecule has 0 unspecified atom stereocenters. The highest BCUT2D eigenvalue weighted by Gasteiger charge is 2.48. The number of carbonyl (C=O) groups is 1. The van der Waals surface area contributed by atoms with Gasteiger partial charge in [0, 0.05) is 6.42 Å². The Balaban J connectivity index is 1.41. The number of hydrogen-bond acceptors (Lipinski definition) is 3. The lowest BCUT2D eigenvalue weighted by molar-refractivity contribution is -0.123. The Hall–Kier alpha value is -3.11. The summed E-state index contributed by atoms with van der Waals surface area (Å²) in [5.74, 6) is 0.899. The van der Waals surface area contributed by atoms with Gasteiger partial charge in [-0.15, -0.1) is 0 Å². The van der Waals surface area contributed by atoms with Gasteiger partial charge in [-0.1, -0.05) is 66.7 Å². The highest BCUT2D eigenvalue weighted by atomic mass is 16.5. The molecule has 0 saturated carbocycles. The molecular weight excluding hydrogens is 396 g/mol. The van der Waals surface area contributed by atoms with E-state index >= 15 is 0 Å². The summed E-state index contributed by atoms with van der Waals surface area (Å²) in [6, 6.07) is 25.1. The Kier molecular flexibility index (Phi) is 5.71. The van der Waals surface area contributed by atoms with Gasteiger partial charge in [0.25, 0.3) is 0 Å². The number of aryl methyl sites for hydroxylation is 2. The molecule has 4 nitrogen and oxygen atoms in total. The molecule has 0 aliphatic carbocycles. The van der Waals surface area contributed by atoms with Gasteiger partial charge in [-0.25, -0.2) is 0 Å². The van der Waals surface area contributed by atoms with Crippen LogP contribution in [0.25, 0.3) is 0 Å². The van der Waals surface area contributed by atoms with E-state index in [-0.39, 0.29) is 11.8 Å². The molecule has 3 aromatic rings. The van der Waals surface area contributed by atoms with Gasteiger partial charge in [-0.2, -0.15) is 0 Å². The third-order valence-electron chi connectivity index (χ3n) is 7.16. The van der Waals surface area contributed by atoms with E-state index in [1.54, 1.807) is 0 Å². The lowest BCUT2D eigenvalue weighted by Crippen LogP contribution is -2.49. The van der Waals surface area contributed by atoms with E-state index in [1.807, 2.05) is 30.3 Å². The summed E-state index contributed by atoms with van der Waals surface area (Å²) < 4.78 is 5.62.